The van der Waals surface area contributed by atoms with Crippen molar-refractivity contribution in [2.75, 3.05) is 19.8 Å². The van der Waals surface area contributed by atoms with Crippen LogP contribution in [0.3, 0.4) is 0 Å². The number of aromatic nitrogens is 4. The summed E-state index contributed by atoms with van der Waals surface area (Å²) >= 11 is 1.58. The monoisotopic (exact) mass is 411 g/mol. The molecule has 0 bridgehead atoms. The molecule has 0 unspecified atom stereocenters. The largest absolute Gasteiger partial charge is 0.490 e. The van der Waals surface area contributed by atoms with Crippen molar-refractivity contribution >= 4 is 17.2 Å². The maximum Gasteiger partial charge on any atom is 0.246 e. The molecule has 0 aliphatic carbocycles. The van der Waals surface area contributed by atoms with E-state index < -0.39 is 0 Å². The van der Waals surface area contributed by atoms with E-state index in [-0.39, 0.29) is 18.5 Å². The Labute approximate surface area is 172 Å². The number of likely N-dealkylation sites (tertiary alicyclic amines) is 1. The van der Waals surface area contributed by atoms with Gasteiger partial charge in [0.2, 0.25) is 11.7 Å². The third-order valence-electron chi connectivity index (χ3n) is 5.24. The summed E-state index contributed by atoms with van der Waals surface area (Å²) in [6.45, 7) is 2.12. The third kappa shape index (κ3) is 3.69. The number of amides is 1. The van der Waals surface area contributed by atoms with Crippen LogP contribution in [0.4, 0.5) is 0 Å². The summed E-state index contributed by atoms with van der Waals surface area (Å²) in [4.78, 5) is 16.3. The first-order valence-electron chi connectivity index (χ1n) is 9.77. The quantitative estimate of drug-likeness (QED) is 0.657. The fourth-order valence-electron chi connectivity index (χ4n) is 3.83. The van der Waals surface area contributed by atoms with Crippen molar-refractivity contribution in [2.45, 2.75) is 31.8 Å². The van der Waals surface area contributed by atoms with Gasteiger partial charge in [-0.25, -0.2) is 0 Å². The minimum Gasteiger partial charge on any atom is -0.490 e. The molecule has 0 radical (unpaired) electrons. The summed E-state index contributed by atoms with van der Waals surface area (Å²) in [6.07, 6.45) is 2.77. The zero-order valence-electron chi connectivity index (χ0n) is 15.9. The molecule has 2 aromatic heterocycles. The number of carbonyl (C=O) groups is 1. The highest BCUT2D eigenvalue weighted by molar-refractivity contribution is 7.08. The number of fused-ring (bicyclic) bond motifs is 1. The van der Waals surface area contributed by atoms with Crippen LogP contribution < -0.4 is 9.47 Å². The summed E-state index contributed by atoms with van der Waals surface area (Å²) in [7, 11) is 0. The molecule has 2 aliphatic heterocycles. The molecule has 0 N–H and O–H groups in total. The van der Waals surface area contributed by atoms with E-state index >= 15 is 0 Å². The molecule has 1 amide bonds. The highest BCUT2D eigenvalue weighted by Gasteiger charge is 2.31. The van der Waals surface area contributed by atoms with Gasteiger partial charge in [-0.05, 0) is 47.2 Å². The normalized spacial score (nSPS) is 18.6. The van der Waals surface area contributed by atoms with Gasteiger partial charge >= 0.3 is 0 Å². The molecule has 9 heteroatoms. The van der Waals surface area contributed by atoms with Crippen LogP contribution in [0.2, 0.25) is 0 Å². The molecule has 1 saturated heterocycles. The number of hydrogen-bond donors (Lipinski definition) is 0. The predicted molar refractivity (Wildman–Crippen MR) is 107 cm³/mol. The van der Waals surface area contributed by atoms with Gasteiger partial charge in [0.25, 0.3) is 0 Å². The van der Waals surface area contributed by atoms with Gasteiger partial charge in [0.1, 0.15) is 6.54 Å². The second kappa shape index (κ2) is 7.82. The Balaban J connectivity index is 1.32. The van der Waals surface area contributed by atoms with E-state index in [9.17, 15) is 4.79 Å². The van der Waals surface area contributed by atoms with E-state index in [1.807, 2.05) is 39.9 Å². The van der Waals surface area contributed by atoms with Crippen LogP contribution in [-0.4, -0.2) is 50.8 Å². The lowest BCUT2D eigenvalue weighted by molar-refractivity contribution is -0.133. The first-order valence-corrected chi connectivity index (χ1v) is 10.7. The minimum atomic E-state index is -0.00567. The van der Waals surface area contributed by atoms with Gasteiger partial charge in [0.15, 0.2) is 11.5 Å². The summed E-state index contributed by atoms with van der Waals surface area (Å²) < 4.78 is 11.5. The van der Waals surface area contributed by atoms with Crippen molar-refractivity contribution in [3.8, 4) is 22.9 Å². The Morgan fingerprint density at radius 1 is 1.17 bits per heavy atom. The molecular formula is C20H21N5O3S. The van der Waals surface area contributed by atoms with Gasteiger partial charge < -0.3 is 14.4 Å². The van der Waals surface area contributed by atoms with Crippen LogP contribution >= 0.6 is 11.3 Å². The molecule has 3 aromatic rings. The van der Waals surface area contributed by atoms with E-state index in [0.717, 1.165) is 48.4 Å². The molecule has 29 heavy (non-hydrogen) atoms. The van der Waals surface area contributed by atoms with Crippen molar-refractivity contribution in [3.05, 3.63) is 40.6 Å². The van der Waals surface area contributed by atoms with Gasteiger partial charge in [-0.15, -0.1) is 10.2 Å². The third-order valence-corrected chi connectivity index (χ3v) is 5.92. The van der Waals surface area contributed by atoms with Crippen molar-refractivity contribution in [2.24, 2.45) is 0 Å². The standard InChI is InChI=1S/C20H21N5O3S/c26-19(12-25-22-20(21-23-25)15-6-10-29-13-15)24-7-1-3-16(24)14-4-5-17-18(11-14)28-9-2-8-27-17/h4-6,10-11,13,16H,1-3,7-9,12H2/t16-/m1/s1. The highest BCUT2D eigenvalue weighted by Crippen LogP contribution is 2.38. The van der Waals surface area contributed by atoms with Gasteiger partial charge in [0.05, 0.1) is 19.3 Å². The molecule has 8 nitrogen and oxygen atoms in total. The number of ether oxygens (including phenoxy) is 2. The Morgan fingerprint density at radius 3 is 2.93 bits per heavy atom. The SMILES string of the molecule is O=C(Cn1nnc(-c2ccsc2)n1)N1CCC[C@@H]1c1ccc2c(c1)OCCCO2. The summed E-state index contributed by atoms with van der Waals surface area (Å²) in [5.74, 6) is 2.07. The number of benzene rings is 1. The Bertz CT molecular complexity index is 1000. The van der Waals surface area contributed by atoms with Crippen LogP contribution in [0, 0.1) is 0 Å². The van der Waals surface area contributed by atoms with E-state index in [1.165, 1.54) is 4.80 Å². The predicted octanol–water partition coefficient (Wildman–Crippen LogP) is 2.93. The molecule has 0 spiro atoms. The summed E-state index contributed by atoms with van der Waals surface area (Å²) in [5.41, 5.74) is 1.99. The van der Waals surface area contributed by atoms with Crippen molar-refractivity contribution < 1.29 is 14.3 Å². The fraction of sp³-hybridized carbons (Fsp3) is 0.400. The van der Waals surface area contributed by atoms with Gasteiger partial charge in [-0.1, -0.05) is 6.07 Å². The Morgan fingerprint density at radius 2 is 2.07 bits per heavy atom. The van der Waals surface area contributed by atoms with E-state index in [0.29, 0.717) is 19.0 Å². The van der Waals surface area contributed by atoms with Crippen molar-refractivity contribution in [1.29, 1.82) is 0 Å². The van der Waals surface area contributed by atoms with E-state index in [4.69, 9.17) is 9.47 Å². The second-order valence-corrected chi connectivity index (χ2v) is 7.94. The van der Waals surface area contributed by atoms with Crippen LogP contribution in [0.1, 0.15) is 30.9 Å². The number of carbonyl (C=O) groups excluding carboxylic acids is 1. The average molecular weight is 411 g/mol. The van der Waals surface area contributed by atoms with E-state index in [2.05, 4.69) is 15.4 Å². The lowest BCUT2D eigenvalue weighted by Gasteiger charge is -2.25. The van der Waals surface area contributed by atoms with Crippen molar-refractivity contribution in [1.82, 2.24) is 25.1 Å². The smallest absolute Gasteiger partial charge is 0.246 e. The lowest BCUT2D eigenvalue weighted by Crippen LogP contribution is -2.34. The van der Waals surface area contributed by atoms with Gasteiger partial charge in [-0.3, -0.25) is 4.79 Å². The molecule has 1 fully saturated rings. The molecule has 2 aliphatic rings. The van der Waals surface area contributed by atoms with Crippen LogP contribution in [0.25, 0.3) is 11.4 Å². The number of tetrazole rings is 1. The molecule has 4 heterocycles. The average Bonchev–Trinajstić information content (AvgIpc) is 3.47. The lowest BCUT2D eigenvalue weighted by atomic mass is 10.0. The minimum absolute atomic E-state index is 0.00567. The number of thiophene rings is 1. The molecule has 1 aromatic carbocycles. The summed E-state index contributed by atoms with van der Waals surface area (Å²) in [5, 5.41) is 16.4. The van der Waals surface area contributed by atoms with Crippen molar-refractivity contribution in [3.63, 3.8) is 0 Å². The number of nitrogens with zero attached hydrogens (tertiary/aromatic N) is 5. The highest BCUT2D eigenvalue weighted by atomic mass is 32.1. The second-order valence-electron chi connectivity index (χ2n) is 7.16. The molecule has 5 rings (SSSR count). The first-order chi connectivity index (χ1) is 14.3. The van der Waals surface area contributed by atoms with E-state index in [1.54, 1.807) is 11.3 Å². The molecule has 1 atom stereocenters. The van der Waals surface area contributed by atoms with Gasteiger partial charge in [-0.2, -0.15) is 16.1 Å². The van der Waals surface area contributed by atoms with Gasteiger partial charge in [0, 0.05) is 23.9 Å². The first kappa shape index (κ1) is 18.1. The Hall–Kier alpha value is -2.94. The molecular weight excluding hydrogens is 390 g/mol. The zero-order chi connectivity index (χ0) is 19.6. The van der Waals surface area contributed by atoms with Crippen LogP contribution in [0.15, 0.2) is 35.0 Å². The fourth-order valence-corrected chi connectivity index (χ4v) is 4.46. The topological polar surface area (TPSA) is 82.4 Å². The maximum absolute atomic E-state index is 13.0. The van der Waals surface area contributed by atoms with Crippen LogP contribution in [-0.2, 0) is 11.3 Å². The molecule has 0 saturated carbocycles. The Kier molecular flexibility index (Phi) is 4.89. The maximum atomic E-state index is 13.0. The summed E-state index contributed by atoms with van der Waals surface area (Å²) in [6, 6.07) is 7.96. The number of rotatable bonds is 4. The number of hydrogen-bond acceptors (Lipinski definition) is 7. The molecule has 150 valence electrons. The zero-order valence-corrected chi connectivity index (χ0v) is 16.7. The van der Waals surface area contributed by atoms with Crippen LogP contribution in [0.5, 0.6) is 11.5 Å².